The molecule has 0 unspecified atom stereocenters. The van der Waals surface area contributed by atoms with Crippen LogP contribution in [0.4, 0.5) is 5.95 Å². The number of benzene rings is 1. The second-order valence-corrected chi connectivity index (χ2v) is 6.44. The SMILES string of the molecule is COc1ccc(CNC(=O)c2ccnc(N3CCC(C)CC3)n2)cc1. The number of ether oxygens (including phenoxy) is 1. The van der Waals surface area contributed by atoms with Gasteiger partial charge in [0.2, 0.25) is 5.95 Å². The van der Waals surface area contributed by atoms with Crippen molar-refractivity contribution in [3.63, 3.8) is 0 Å². The standard InChI is InChI=1S/C19H24N4O2/c1-14-8-11-23(12-9-14)19-20-10-7-17(22-19)18(24)21-13-15-3-5-16(25-2)6-4-15/h3-7,10,14H,8-9,11-13H2,1-2H3,(H,21,24). The van der Waals surface area contributed by atoms with Crippen LogP contribution in [0.2, 0.25) is 0 Å². The van der Waals surface area contributed by atoms with Crippen molar-refractivity contribution >= 4 is 11.9 Å². The summed E-state index contributed by atoms with van der Waals surface area (Å²) in [6.45, 7) is 4.60. The molecule has 1 aromatic heterocycles. The number of nitrogens with zero attached hydrogens (tertiary/aromatic N) is 3. The molecule has 6 heteroatoms. The predicted octanol–water partition coefficient (Wildman–Crippen LogP) is 2.65. The zero-order chi connectivity index (χ0) is 17.6. The molecular formula is C19H24N4O2. The molecular weight excluding hydrogens is 316 g/mol. The summed E-state index contributed by atoms with van der Waals surface area (Å²) in [5.74, 6) is 1.99. The Hall–Kier alpha value is -2.63. The van der Waals surface area contributed by atoms with Gasteiger partial charge in [-0.15, -0.1) is 0 Å². The van der Waals surface area contributed by atoms with E-state index in [-0.39, 0.29) is 5.91 Å². The first-order valence-electron chi connectivity index (χ1n) is 8.65. The Balaban J connectivity index is 1.60. The van der Waals surface area contributed by atoms with E-state index >= 15 is 0 Å². The van der Waals surface area contributed by atoms with Crippen molar-refractivity contribution in [2.24, 2.45) is 5.92 Å². The summed E-state index contributed by atoms with van der Waals surface area (Å²) in [5, 5.41) is 2.90. The predicted molar refractivity (Wildman–Crippen MR) is 96.8 cm³/mol. The Labute approximate surface area is 148 Å². The van der Waals surface area contributed by atoms with Gasteiger partial charge in [-0.3, -0.25) is 4.79 Å². The van der Waals surface area contributed by atoms with E-state index in [2.05, 4.69) is 27.1 Å². The number of nitrogens with one attached hydrogen (secondary N) is 1. The van der Waals surface area contributed by atoms with E-state index in [4.69, 9.17) is 4.74 Å². The molecule has 0 atom stereocenters. The lowest BCUT2D eigenvalue weighted by atomic mass is 10.00. The molecule has 0 aliphatic carbocycles. The third kappa shape index (κ3) is 4.47. The van der Waals surface area contributed by atoms with Crippen LogP contribution in [0.3, 0.4) is 0 Å². The van der Waals surface area contributed by atoms with Crippen LogP contribution in [0, 0.1) is 5.92 Å². The van der Waals surface area contributed by atoms with Gasteiger partial charge in [0.1, 0.15) is 11.4 Å². The largest absolute Gasteiger partial charge is 0.497 e. The number of carbonyl (C=O) groups is 1. The van der Waals surface area contributed by atoms with Crippen molar-refractivity contribution in [1.82, 2.24) is 15.3 Å². The second kappa shape index (κ2) is 7.96. The lowest BCUT2D eigenvalue weighted by Gasteiger charge is -2.30. The molecule has 25 heavy (non-hydrogen) atoms. The minimum atomic E-state index is -0.190. The fourth-order valence-corrected chi connectivity index (χ4v) is 2.85. The van der Waals surface area contributed by atoms with E-state index in [9.17, 15) is 4.79 Å². The first kappa shape index (κ1) is 17.2. The van der Waals surface area contributed by atoms with Crippen LogP contribution in [0.25, 0.3) is 0 Å². The summed E-state index contributed by atoms with van der Waals surface area (Å²) < 4.78 is 5.13. The van der Waals surface area contributed by atoms with Crippen LogP contribution in [-0.4, -0.2) is 36.1 Å². The Bertz CT molecular complexity index is 710. The number of hydrogen-bond donors (Lipinski definition) is 1. The number of carbonyl (C=O) groups excluding carboxylic acids is 1. The fraction of sp³-hybridized carbons (Fsp3) is 0.421. The zero-order valence-electron chi connectivity index (χ0n) is 14.7. The van der Waals surface area contributed by atoms with Gasteiger partial charge in [0.25, 0.3) is 5.91 Å². The maximum atomic E-state index is 12.4. The molecule has 1 aliphatic heterocycles. The minimum absolute atomic E-state index is 0.190. The number of methoxy groups -OCH3 is 1. The van der Waals surface area contributed by atoms with E-state index in [1.165, 1.54) is 0 Å². The quantitative estimate of drug-likeness (QED) is 0.906. The first-order chi connectivity index (χ1) is 12.2. The number of amides is 1. The van der Waals surface area contributed by atoms with Crippen molar-refractivity contribution < 1.29 is 9.53 Å². The molecule has 0 spiro atoms. The molecule has 0 saturated carbocycles. The van der Waals surface area contributed by atoms with Gasteiger partial charge in [0.05, 0.1) is 7.11 Å². The van der Waals surface area contributed by atoms with Crippen LogP contribution in [0.5, 0.6) is 5.75 Å². The molecule has 1 fully saturated rings. The number of anilines is 1. The molecule has 2 heterocycles. The van der Waals surface area contributed by atoms with Crippen LogP contribution in [-0.2, 0) is 6.54 Å². The van der Waals surface area contributed by atoms with Crippen molar-refractivity contribution in [2.45, 2.75) is 26.3 Å². The van der Waals surface area contributed by atoms with Crippen LogP contribution in [0.15, 0.2) is 36.5 Å². The average Bonchev–Trinajstić information content (AvgIpc) is 2.67. The van der Waals surface area contributed by atoms with Crippen LogP contribution < -0.4 is 15.0 Å². The highest BCUT2D eigenvalue weighted by Crippen LogP contribution is 2.19. The van der Waals surface area contributed by atoms with E-state index in [0.29, 0.717) is 18.2 Å². The summed E-state index contributed by atoms with van der Waals surface area (Å²) in [4.78, 5) is 23.3. The van der Waals surface area contributed by atoms with Gasteiger partial charge in [0, 0.05) is 25.8 Å². The lowest BCUT2D eigenvalue weighted by Crippen LogP contribution is -2.34. The Morgan fingerprint density at radius 1 is 1.24 bits per heavy atom. The second-order valence-electron chi connectivity index (χ2n) is 6.44. The number of hydrogen-bond acceptors (Lipinski definition) is 5. The molecule has 132 valence electrons. The van der Waals surface area contributed by atoms with Gasteiger partial charge in [-0.1, -0.05) is 19.1 Å². The topological polar surface area (TPSA) is 67.3 Å². The van der Waals surface area contributed by atoms with Crippen LogP contribution in [0.1, 0.15) is 35.8 Å². The minimum Gasteiger partial charge on any atom is -0.497 e. The zero-order valence-corrected chi connectivity index (χ0v) is 14.7. The van der Waals surface area contributed by atoms with Gasteiger partial charge < -0.3 is 15.0 Å². The first-order valence-corrected chi connectivity index (χ1v) is 8.65. The summed E-state index contributed by atoms with van der Waals surface area (Å²) in [6.07, 6.45) is 3.93. The van der Waals surface area contributed by atoms with E-state index in [0.717, 1.165) is 43.2 Å². The normalized spacial score (nSPS) is 15.0. The number of rotatable bonds is 5. The molecule has 0 bridgehead atoms. The molecule has 1 amide bonds. The Morgan fingerprint density at radius 2 is 1.96 bits per heavy atom. The smallest absolute Gasteiger partial charge is 0.270 e. The number of piperidine rings is 1. The van der Waals surface area contributed by atoms with Gasteiger partial charge in [-0.25, -0.2) is 9.97 Å². The van der Waals surface area contributed by atoms with Crippen molar-refractivity contribution in [1.29, 1.82) is 0 Å². The highest BCUT2D eigenvalue weighted by Gasteiger charge is 2.19. The lowest BCUT2D eigenvalue weighted by molar-refractivity contribution is 0.0946. The maximum Gasteiger partial charge on any atom is 0.270 e. The van der Waals surface area contributed by atoms with Gasteiger partial charge >= 0.3 is 0 Å². The van der Waals surface area contributed by atoms with Gasteiger partial charge in [0.15, 0.2) is 0 Å². The average molecular weight is 340 g/mol. The Kier molecular flexibility index (Phi) is 5.48. The summed E-state index contributed by atoms with van der Waals surface area (Å²) in [5.41, 5.74) is 1.41. The van der Waals surface area contributed by atoms with Crippen LogP contribution >= 0.6 is 0 Å². The molecule has 1 saturated heterocycles. The van der Waals surface area contributed by atoms with E-state index in [1.807, 2.05) is 24.3 Å². The summed E-state index contributed by atoms with van der Waals surface area (Å²) in [6, 6.07) is 9.27. The molecule has 0 radical (unpaired) electrons. The maximum absolute atomic E-state index is 12.4. The van der Waals surface area contributed by atoms with Crippen molar-refractivity contribution in [2.75, 3.05) is 25.1 Å². The van der Waals surface area contributed by atoms with Crippen molar-refractivity contribution in [3.8, 4) is 5.75 Å². The molecule has 1 aliphatic rings. The summed E-state index contributed by atoms with van der Waals surface area (Å²) in [7, 11) is 1.63. The molecule has 3 rings (SSSR count). The summed E-state index contributed by atoms with van der Waals surface area (Å²) >= 11 is 0. The van der Waals surface area contributed by atoms with Gasteiger partial charge in [-0.2, -0.15) is 0 Å². The molecule has 1 aromatic carbocycles. The third-order valence-corrected chi connectivity index (χ3v) is 4.55. The highest BCUT2D eigenvalue weighted by atomic mass is 16.5. The van der Waals surface area contributed by atoms with Gasteiger partial charge in [-0.05, 0) is 42.5 Å². The monoisotopic (exact) mass is 340 g/mol. The fourth-order valence-electron chi connectivity index (χ4n) is 2.85. The number of aromatic nitrogens is 2. The van der Waals surface area contributed by atoms with Crippen molar-refractivity contribution in [3.05, 3.63) is 47.8 Å². The highest BCUT2D eigenvalue weighted by molar-refractivity contribution is 5.92. The molecule has 1 N–H and O–H groups in total. The molecule has 6 nitrogen and oxygen atoms in total. The third-order valence-electron chi connectivity index (χ3n) is 4.55. The Morgan fingerprint density at radius 3 is 2.64 bits per heavy atom. The van der Waals surface area contributed by atoms with E-state index < -0.39 is 0 Å². The molecule has 2 aromatic rings. The van der Waals surface area contributed by atoms with E-state index in [1.54, 1.807) is 19.4 Å².